The molecule has 2 aromatic carbocycles. The number of piperidine rings is 2. The molecular formula is C34H45ClN4O6. The van der Waals surface area contributed by atoms with Gasteiger partial charge in [0.2, 0.25) is 11.8 Å². The van der Waals surface area contributed by atoms with Crippen LogP contribution >= 0.6 is 11.6 Å². The van der Waals surface area contributed by atoms with Crippen LogP contribution in [-0.2, 0) is 32.0 Å². The van der Waals surface area contributed by atoms with Crippen molar-refractivity contribution in [3.63, 3.8) is 0 Å². The molecule has 0 radical (unpaired) electrons. The number of amides is 4. The van der Waals surface area contributed by atoms with Crippen molar-refractivity contribution in [3.8, 4) is 0 Å². The molecule has 244 valence electrons. The number of ether oxygens (including phenoxy) is 2. The van der Waals surface area contributed by atoms with E-state index in [2.05, 4.69) is 17.6 Å². The van der Waals surface area contributed by atoms with Crippen LogP contribution in [0.1, 0.15) is 64.5 Å². The van der Waals surface area contributed by atoms with Gasteiger partial charge >= 0.3 is 12.2 Å². The molecule has 2 heterocycles. The highest BCUT2D eigenvalue weighted by Crippen LogP contribution is 2.34. The van der Waals surface area contributed by atoms with E-state index >= 15 is 0 Å². The van der Waals surface area contributed by atoms with Crippen molar-refractivity contribution in [2.75, 3.05) is 38.1 Å². The third-order valence-corrected chi connectivity index (χ3v) is 8.86. The van der Waals surface area contributed by atoms with Crippen LogP contribution in [0.5, 0.6) is 0 Å². The van der Waals surface area contributed by atoms with Crippen LogP contribution in [0.3, 0.4) is 0 Å². The monoisotopic (exact) mass is 640 g/mol. The van der Waals surface area contributed by atoms with Crippen LogP contribution in [0.2, 0.25) is 5.02 Å². The third-order valence-electron chi connectivity index (χ3n) is 8.50. The summed E-state index contributed by atoms with van der Waals surface area (Å²) in [6.45, 7) is 9.27. The highest BCUT2D eigenvalue weighted by molar-refractivity contribution is 6.31. The molecule has 11 heteroatoms. The quantitative estimate of drug-likeness (QED) is 0.364. The van der Waals surface area contributed by atoms with Gasteiger partial charge in [-0.3, -0.25) is 14.9 Å². The third kappa shape index (κ3) is 9.36. The molecule has 2 N–H and O–H groups in total. The first-order valence-electron chi connectivity index (χ1n) is 15.7. The molecular weight excluding hydrogens is 596 g/mol. The zero-order chi connectivity index (χ0) is 32.6. The highest BCUT2D eigenvalue weighted by atomic mass is 35.5. The first-order chi connectivity index (χ1) is 21.4. The van der Waals surface area contributed by atoms with E-state index in [1.807, 2.05) is 63.2 Å². The summed E-state index contributed by atoms with van der Waals surface area (Å²) < 4.78 is 11.1. The number of aryl methyl sites for hydroxylation is 1. The Balaban J connectivity index is 1.37. The molecule has 2 fully saturated rings. The second-order valence-corrected chi connectivity index (χ2v) is 13.3. The predicted molar refractivity (Wildman–Crippen MR) is 173 cm³/mol. The van der Waals surface area contributed by atoms with Crippen molar-refractivity contribution < 1.29 is 28.7 Å². The Morgan fingerprint density at radius 3 is 2.18 bits per heavy atom. The molecule has 2 aliphatic heterocycles. The lowest BCUT2D eigenvalue weighted by Crippen LogP contribution is -2.54. The second kappa shape index (κ2) is 15.0. The van der Waals surface area contributed by atoms with Crippen LogP contribution in [0.15, 0.2) is 48.5 Å². The molecule has 0 spiro atoms. The van der Waals surface area contributed by atoms with Gasteiger partial charge in [0.1, 0.15) is 12.2 Å². The highest BCUT2D eigenvalue weighted by Gasteiger charge is 2.44. The number of nitrogens with one attached hydrogen (secondary N) is 2. The van der Waals surface area contributed by atoms with Gasteiger partial charge in [0.15, 0.2) is 0 Å². The van der Waals surface area contributed by atoms with Crippen molar-refractivity contribution in [2.24, 2.45) is 11.3 Å². The Morgan fingerprint density at radius 2 is 1.58 bits per heavy atom. The van der Waals surface area contributed by atoms with Gasteiger partial charge < -0.3 is 24.6 Å². The van der Waals surface area contributed by atoms with E-state index in [0.717, 1.165) is 17.5 Å². The minimum Gasteiger partial charge on any atom is -0.448 e. The van der Waals surface area contributed by atoms with Gasteiger partial charge in [-0.05, 0) is 82.2 Å². The Hall–Kier alpha value is -3.79. The van der Waals surface area contributed by atoms with Crippen LogP contribution in [0.4, 0.5) is 15.3 Å². The lowest BCUT2D eigenvalue weighted by molar-refractivity contribution is -0.146. The minimum atomic E-state index is -1.01. The lowest BCUT2D eigenvalue weighted by Gasteiger charge is -2.42. The average Bonchev–Trinajstić information content (AvgIpc) is 3.03. The number of rotatable bonds is 8. The summed E-state index contributed by atoms with van der Waals surface area (Å²) in [4.78, 5) is 55.8. The maximum absolute atomic E-state index is 13.7. The number of halogens is 1. The van der Waals surface area contributed by atoms with Gasteiger partial charge in [-0.2, -0.15) is 0 Å². The number of carbonyl (C=O) groups excluding carboxylic acids is 4. The Kier molecular flexibility index (Phi) is 11.4. The zero-order valence-corrected chi connectivity index (χ0v) is 27.5. The molecule has 2 saturated heterocycles. The van der Waals surface area contributed by atoms with E-state index in [4.69, 9.17) is 21.1 Å². The molecule has 0 atom stereocenters. The number of benzene rings is 2. The van der Waals surface area contributed by atoms with Crippen LogP contribution in [0, 0.1) is 11.3 Å². The lowest BCUT2D eigenvalue weighted by atomic mass is 9.77. The normalized spacial score (nSPS) is 16.9. The summed E-state index contributed by atoms with van der Waals surface area (Å²) >= 11 is 6.31. The molecule has 2 aliphatic rings. The maximum atomic E-state index is 13.7. The smallest absolute Gasteiger partial charge is 0.411 e. The van der Waals surface area contributed by atoms with E-state index < -0.39 is 17.1 Å². The Morgan fingerprint density at radius 1 is 0.933 bits per heavy atom. The van der Waals surface area contributed by atoms with Gasteiger partial charge in [0, 0.05) is 49.4 Å². The van der Waals surface area contributed by atoms with E-state index in [9.17, 15) is 19.2 Å². The number of hydrogen-bond acceptors (Lipinski definition) is 6. The molecule has 0 bridgehead atoms. The molecule has 4 rings (SSSR count). The average molecular weight is 641 g/mol. The summed E-state index contributed by atoms with van der Waals surface area (Å²) in [5.41, 5.74) is 0.947. The second-order valence-electron chi connectivity index (χ2n) is 12.9. The number of anilines is 1. The van der Waals surface area contributed by atoms with Crippen LogP contribution < -0.4 is 10.6 Å². The molecule has 0 aliphatic carbocycles. The number of likely N-dealkylation sites (tertiary alicyclic amines) is 2. The molecule has 0 aromatic heterocycles. The fourth-order valence-corrected chi connectivity index (χ4v) is 5.87. The zero-order valence-electron chi connectivity index (χ0n) is 26.7. The van der Waals surface area contributed by atoms with Gasteiger partial charge in [0.25, 0.3) is 0 Å². The summed E-state index contributed by atoms with van der Waals surface area (Å²) in [6.07, 6.45) is 1.67. The van der Waals surface area contributed by atoms with Crippen molar-refractivity contribution >= 4 is 41.3 Å². The number of nitrogens with zero attached hydrogens (tertiary/aromatic N) is 2. The summed E-state index contributed by atoms with van der Waals surface area (Å²) in [5.74, 6) is -0.426. The Bertz CT molecular complexity index is 1340. The molecule has 4 amide bonds. The number of carbonyl (C=O) groups is 4. The summed E-state index contributed by atoms with van der Waals surface area (Å²) in [6, 6.07) is 14.8. The van der Waals surface area contributed by atoms with E-state index in [0.29, 0.717) is 62.6 Å². The first kappa shape index (κ1) is 34.1. The van der Waals surface area contributed by atoms with Gasteiger partial charge in [-0.1, -0.05) is 48.9 Å². The van der Waals surface area contributed by atoms with Crippen molar-refractivity contribution in [2.45, 2.75) is 71.9 Å². The largest absolute Gasteiger partial charge is 0.448 e. The molecule has 10 nitrogen and oxygen atoms in total. The van der Waals surface area contributed by atoms with Crippen LogP contribution in [-0.4, -0.2) is 72.2 Å². The topological polar surface area (TPSA) is 117 Å². The van der Waals surface area contributed by atoms with Crippen LogP contribution in [0.25, 0.3) is 0 Å². The van der Waals surface area contributed by atoms with Crippen molar-refractivity contribution in [1.29, 1.82) is 0 Å². The molecule has 45 heavy (non-hydrogen) atoms. The van der Waals surface area contributed by atoms with Gasteiger partial charge in [-0.25, -0.2) is 9.59 Å². The standard InChI is InChI=1S/C34H45ClN4O6/c1-5-24-10-12-27(13-11-24)37-31(42)44-23-34(30(41)36-22-26-8-6-7-9-28(26)35)16-20-38(21-17-34)29(40)25-14-18-39(19-15-25)32(43)45-33(2,3)4/h6-13,25H,5,14-23H2,1-4H3,(H,36,41)(H,37,42). The van der Waals surface area contributed by atoms with Crippen molar-refractivity contribution in [3.05, 3.63) is 64.7 Å². The summed E-state index contributed by atoms with van der Waals surface area (Å²) in [5, 5.41) is 6.27. The fraction of sp³-hybridized carbons (Fsp3) is 0.529. The van der Waals surface area contributed by atoms with E-state index in [1.165, 1.54) is 0 Å². The Labute approximate surface area is 270 Å². The molecule has 2 aromatic rings. The first-order valence-corrected chi connectivity index (χ1v) is 16.1. The minimum absolute atomic E-state index is 0.0260. The SMILES string of the molecule is CCc1ccc(NC(=O)OCC2(C(=O)NCc3ccccc3Cl)CCN(C(=O)C3CCN(C(=O)OC(C)(C)C)CC3)CC2)cc1. The molecule has 0 saturated carbocycles. The fourth-order valence-electron chi connectivity index (χ4n) is 5.67. The number of hydrogen-bond donors (Lipinski definition) is 2. The van der Waals surface area contributed by atoms with Crippen molar-refractivity contribution in [1.82, 2.24) is 15.1 Å². The maximum Gasteiger partial charge on any atom is 0.411 e. The predicted octanol–water partition coefficient (Wildman–Crippen LogP) is 6.02. The summed E-state index contributed by atoms with van der Waals surface area (Å²) in [7, 11) is 0. The van der Waals surface area contributed by atoms with E-state index in [-0.39, 0.29) is 37.0 Å². The van der Waals surface area contributed by atoms with E-state index in [1.54, 1.807) is 15.9 Å². The van der Waals surface area contributed by atoms with Gasteiger partial charge in [0.05, 0.1) is 5.41 Å². The van der Waals surface area contributed by atoms with Gasteiger partial charge in [-0.15, -0.1) is 0 Å². The molecule has 0 unspecified atom stereocenters.